The molecule has 3 heteroatoms. The maximum absolute atomic E-state index is 9.77. The molecule has 0 aliphatic rings. The van der Waals surface area contributed by atoms with E-state index in [0.29, 0.717) is 0 Å². The van der Waals surface area contributed by atoms with E-state index in [1.807, 2.05) is 42.5 Å². The first kappa shape index (κ1) is 13.6. The summed E-state index contributed by atoms with van der Waals surface area (Å²) in [6, 6.07) is 24.7. The number of aromatic hydroxyl groups is 2. The minimum atomic E-state index is -0.355. The van der Waals surface area contributed by atoms with Crippen LogP contribution in [0.25, 0.3) is 0 Å². The molecule has 0 saturated heterocycles. The van der Waals surface area contributed by atoms with Gasteiger partial charge < -0.3 is 10.2 Å². The highest BCUT2D eigenvalue weighted by molar-refractivity contribution is 7.97. The van der Waals surface area contributed by atoms with Crippen LogP contribution in [0.3, 0.4) is 0 Å². The molecule has 0 amide bonds. The summed E-state index contributed by atoms with van der Waals surface area (Å²) < 4.78 is 0. The van der Waals surface area contributed by atoms with E-state index < -0.39 is 0 Å². The minimum Gasteiger partial charge on any atom is -0.508 e. The van der Waals surface area contributed by atoms with E-state index in [1.54, 1.807) is 24.3 Å². The first-order chi connectivity index (χ1) is 10.2. The summed E-state index contributed by atoms with van der Waals surface area (Å²) in [7, 11) is -0.355. The van der Waals surface area contributed by atoms with Gasteiger partial charge in [0.05, 0.1) is 10.9 Å². The monoisotopic (exact) mass is 295 g/mol. The van der Waals surface area contributed by atoms with Crippen LogP contribution in [0.15, 0.2) is 93.5 Å². The van der Waals surface area contributed by atoms with Gasteiger partial charge in [-0.3, -0.25) is 0 Å². The zero-order valence-corrected chi connectivity index (χ0v) is 12.1. The second-order valence-electron chi connectivity index (χ2n) is 4.61. The highest BCUT2D eigenvalue weighted by Crippen LogP contribution is 2.33. The number of phenolic OH excluding ortho intramolecular Hbond substituents is 2. The molecule has 0 heterocycles. The van der Waals surface area contributed by atoms with Gasteiger partial charge in [0.15, 0.2) is 14.7 Å². The molecular formula is C18H15O2S+. The van der Waals surface area contributed by atoms with Crippen LogP contribution in [0, 0.1) is 0 Å². The standard InChI is InChI=1S/C18H14O2S/c19-14-6-4-10-17(12-14)21(16-8-2-1-3-9-16)18-11-5-7-15(20)13-18/h1-13H,(H-,19,20)/p+1. The van der Waals surface area contributed by atoms with Crippen molar-refractivity contribution in [3.63, 3.8) is 0 Å². The van der Waals surface area contributed by atoms with Gasteiger partial charge in [0.2, 0.25) is 0 Å². The Balaban J connectivity index is 2.16. The molecule has 0 saturated carbocycles. The molecule has 0 aliphatic carbocycles. The summed E-state index contributed by atoms with van der Waals surface area (Å²) in [5, 5.41) is 19.5. The van der Waals surface area contributed by atoms with Crippen molar-refractivity contribution in [2.24, 2.45) is 0 Å². The van der Waals surface area contributed by atoms with Gasteiger partial charge in [0, 0.05) is 12.1 Å². The Kier molecular flexibility index (Phi) is 3.84. The molecule has 0 aromatic heterocycles. The zero-order valence-electron chi connectivity index (χ0n) is 11.3. The van der Waals surface area contributed by atoms with Crippen molar-refractivity contribution < 1.29 is 10.2 Å². The molecule has 2 N–H and O–H groups in total. The molecule has 0 spiro atoms. The van der Waals surface area contributed by atoms with Crippen LogP contribution in [0.5, 0.6) is 11.5 Å². The Morgan fingerprint density at radius 1 is 0.524 bits per heavy atom. The SMILES string of the molecule is Oc1cccc([S+](c2ccccc2)c2cccc(O)c2)c1. The van der Waals surface area contributed by atoms with Crippen molar-refractivity contribution in [3.8, 4) is 11.5 Å². The molecule has 0 unspecified atom stereocenters. The molecule has 0 aliphatic heterocycles. The van der Waals surface area contributed by atoms with Crippen molar-refractivity contribution in [3.05, 3.63) is 78.9 Å². The summed E-state index contributed by atoms with van der Waals surface area (Å²) in [5.41, 5.74) is 0. The van der Waals surface area contributed by atoms with Gasteiger partial charge in [-0.2, -0.15) is 0 Å². The molecule has 21 heavy (non-hydrogen) atoms. The third-order valence-corrected chi connectivity index (χ3v) is 5.28. The Hall–Kier alpha value is -2.39. The predicted octanol–water partition coefficient (Wildman–Crippen LogP) is 4.19. The molecule has 2 nitrogen and oxygen atoms in total. The van der Waals surface area contributed by atoms with Crippen LogP contribution in [0.2, 0.25) is 0 Å². The Bertz CT molecular complexity index is 695. The summed E-state index contributed by atoms with van der Waals surface area (Å²) in [4.78, 5) is 3.19. The quantitative estimate of drug-likeness (QED) is 0.711. The lowest BCUT2D eigenvalue weighted by molar-refractivity contribution is 0.473. The lowest BCUT2D eigenvalue weighted by atomic mass is 10.3. The van der Waals surface area contributed by atoms with Crippen LogP contribution in [0.4, 0.5) is 0 Å². The van der Waals surface area contributed by atoms with Crippen LogP contribution in [-0.2, 0) is 10.9 Å². The van der Waals surface area contributed by atoms with Gasteiger partial charge >= 0.3 is 0 Å². The maximum atomic E-state index is 9.77. The van der Waals surface area contributed by atoms with E-state index in [0.717, 1.165) is 14.7 Å². The van der Waals surface area contributed by atoms with E-state index in [-0.39, 0.29) is 22.4 Å². The fourth-order valence-corrected chi connectivity index (χ4v) is 4.34. The average Bonchev–Trinajstić information content (AvgIpc) is 2.49. The van der Waals surface area contributed by atoms with Crippen molar-refractivity contribution in [1.82, 2.24) is 0 Å². The largest absolute Gasteiger partial charge is 0.508 e. The topological polar surface area (TPSA) is 40.5 Å². The summed E-state index contributed by atoms with van der Waals surface area (Å²) in [6.45, 7) is 0. The third-order valence-electron chi connectivity index (χ3n) is 3.09. The van der Waals surface area contributed by atoms with E-state index >= 15 is 0 Å². The van der Waals surface area contributed by atoms with Crippen molar-refractivity contribution in [2.45, 2.75) is 14.7 Å². The number of hydrogen-bond donors (Lipinski definition) is 2. The fraction of sp³-hybridized carbons (Fsp3) is 0. The molecule has 104 valence electrons. The van der Waals surface area contributed by atoms with Gasteiger partial charge in [-0.1, -0.05) is 30.3 Å². The second kappa shape index (κ2) is 5.94. The Morgan fingerprint density at radius 2 is 1.00 bits per heavy atom. The normalized spacial score (nSPS) is 10.7. The summed E-state index contributed by atoms with van der Waals surface area (Å²) in [5.74, 6) is 0.502. The smallest absolute Gasteiger partial charge is 0.170 e. The number of phenols is 2. The van der Waals surface area contributed by atoms with Crippen molar-refractivity contribution in [1.29, 1.82) is 0 Å². The van der Waals surface area contributed by atoms with E-state index in [1.165, 1.54) is 0 Å². The number of hydrogen-bond acceptors (Lipinski definition) is 2. The van der Waals surface area contributed by atoms with Crippen LogP contribution in [-0.4, -0.2) is 10.2 Å². The first-order valence-corrected chi connectivity index (χ1v) is 7.84. The molecule has 0 fully saturated rings. The van der Waals surface area contributed by atoms with Gasteiger partial charge in [-0.15, -0.1) is 0 Å². The number of benzene rings is 3. The third kappa shape index (κ3) is 3.03. The summed E-state index contributed by atoms with van der Waals surface area (Å²) >= 11 is 0. The molecule has 0 bridgehead atoms. The molecule has 0 radical (unpaired) electrons. The van der Waals surface area contributed by atoms with Gasteiger partial charge in [-0.05, 0) is 36.4 Å². The fourth-order valence-electron chi connectivity index (χ4n) is 2.19. The van der Waals surface area contributed by atoms with Crippen LogP contribution in [0.1, 0.15) is 0 Å². The zero-order chi connectivity index (χ0) is 14.7. The molecule has 3 aromatic carbocycles. The van der Waals surface area contributed by atoms with E-state index in [2.05, 4.69) is 12.1 Å². The lowest BCUT2D eigenvalue weighted by Crippen LogP contribution is -2.04. The molecular weight excluding hydrogens is 280 g/mol. The first-order valence-electron chi connectivity index (χ1n) is 6.61. The Morgan fingerprint density at radius 3 is 1.48 bits per heavy atom. The van der Waals surface area contributed by atoms with Gasteiger partial charge in [-0.25, -0.2) is 0 Å². The highest BCUT2D eigenvalue weighted by atomic mass is 32.2. The van der Waals surface area contributed by atoms with Gasteiger partial charge in [0.1, 0.15) is 11.5 Å². The maximum Gasteiger partial charge on any atom is 0.170 e. The molecule has 0 atom stereocenters. The minimum absolute atomic E-state index is 0.251. The van der Waals surface area contributed by atoms with Gasteiger partial charge in [0.25, 0.3) is 0 Å². The van der Waals surface area contributed by atoms with Crippen molar-refractivity contribution in [2.75, 3.05) is 0 Å². The van der Waals surface area contributed by atoms with E-state index in [4.69, 9.17) is 0 Å². The van der Waals surface area contributed by atoms with Crippen LogP contribution >= 0.6 is 0 Å². The predicted molar refractivity (Wildman–Crippen MR) is 84.8 cm³/mol. The van der Waals surface area contributed by atoms with Crippen molar-refractivity contribution >= 4 is 10.9 Å². The van der Waals surface area contributed by atoms with E-state index in [9.17, 15) is 10.2 Å². The second-order valence-corrected chi connectivity index (χ2v) is 6.64. The Labute approximate surface area is 126 Å². The summed E-state index contributed by atoms with van der Waals surface area (Å²) in [6.07, 6.45) is 0. The highest BCUT2D eigenvalue weighted by Gasteiger charge is 2.29. The molecule has 3 aromatic rings. The number of rotatable bonds is 3. The molecule has 3 rings (SSSR count). The average molecular weight is 295 g/mol. The lowest BCUT2D eigenvalue weighted by Gasteiger charge is -2.08. The van der Waals surface area contributed by atoms with Crippen LogP contribution < -0.4 is 0 Å².